The predicted molar refractivity (Wildman–Crippen MR) is 57.4 cm³/mol. The fraction of sp³-hybridized carbons (Fsp3) is 0.385. The summed E-state index contributed by atoms with van der Waals surface area (Å²) in [7, 11) is 0. The third-order valence-electron chi connectivity index (χ3n) is 2.38. The Hall–Kier alpha value is 5.71. The molecule has 0 saturated heterocycles. The molecule has 2 rings (SSSR count). The van der Waals surface area contributed by atoms with E-state index in [0.29, 0.717) is 5.92 Å². The van der Waals surface area contributed by atoms with Gasteiger partial charge in [0, 0.05) is 196 Å². The molecule has 6 heteroatoms. The molecule has 1 aromatic rings. The Balaban J connectivity index is -0.0000000604. The smallest absolute Gasteiger partial charge is 0 e. The van der Waals surface area contributed by atoms with Gasteiger partial charge in [0.1, 0.15) is 0 Å². The molecule has 0 spiro atoms. The quantitative estimate of drug-likeness (QED) is 0.412. The molecule has 0 aromatic heterocycles. The van der Waals surface area contributed by atoms with Crippen molar-refractivity contribution in [1.82, 2.24) is 0 Å². The maximum atomic E-state index is 3.34. The van der Waals surface area contributed by atoms with Crippen LogP contribution in [0.3, 0.4) is 0 Å². The second kappa shape index (κ2) is 21.8. The molecule has 0 unspecified atom stereocenters. The summed E-state index contributed by atoms with van der Waals surface area (Å²) >= 11 is 0. The van der Waals surface area contributed by atoms with Gasteiger partial charge >= 0.3 is 0 Å². The molecule has 19 heavy (non-hydrogen) atoms. The Morgan fingerprint density at radius 1 is 0.947 bits per heavy atom. The van der Waals surface area contributed by atoms with Gasteiger partial charge in [-0.05, 0) is 0 Å². The van der Waals surface area contributed by atoms with Crippen molar-refractivity contribution < 1.29 is 196 Å². The first-order valence-corrected chi connectivity index (χ1v) is 4.64. The van der Waals surface area contributed by atoms with Gasteiger partial charge in [-0.2, -0.15) is 0 Å². The first kappa shape index (κ1) is 39.7. The van der Waals surface area contributed by atoms with Gasteiger partial charge in [-0.1, -0.05) is 19.8 Å². The van der Waals surface area contributed by atoms with Crippen molar-refractivity contribution in [2.24, 2.45) is 0 Å². The average molecular weight is 707 g/mol. The van der Waals surface area contributed by atoms with Crippen LogP contribution in [0.5, 0.6) is 0 Å². The zero-order chi connectivity index (χ0) is 8.55. The molecule has 0 heterocycles. The van der Waals surface area contributed by atoms with Crippen LogP contribution in [0.2, 0.25) is 0 Å². The number of rotatable bonds is 2. The molecule has 0 nitrogen and oxygen atoms in total. The third kappa shape index (κ3) is 15.7. The van der Waals surface area contributed by atoms with Crippen molar-refractivity contribution in [3.63, 3.8) is 0 Å². The molecule has 0 N–H and O–H groups in total. The summed E-state index contributed by atoms with van der Waals surface area (Å²) < 4.78 is 0. The van der Waals surface area contributed by atoms with Crippen LogP contribution in [0.25, 0.3) is 0 Å². The molecule has 0 bridgehead atoms. The van der Waals surface area contributed by atoms with Crippen molar-refractivity contribution in [2.45, 2.75) is 32.6 Å². The molecule has 1 aliphatic carbocycles. The van der Waals surface area contributed by atoms with Crippen LogP contribution in [0.4, 0.5) is 0 Å². The van der Waals surface area contributed by atoms with Gasteiger partial charge in [0.05, 0.1) is 0 Å². The Kier molecular flexibility index (Phi) is 45.4. The van der Waals surface area contributed by atoms with Crippen LogP contribution in [0, 0.1) is 19.4 Å². The second-order valence-electron chi connectivity index (χ2n) is 3.79. The van der Waals surface area contributed by atoms with Gasteiger partial charge < -0.3 is 7.43 Å². The van der Waals surface area contributed by atoms with Crippen molar-refractivity contribution in [3.05, 3.63) is 48.7 Å². The van der Waals surface area contributed by atoms with Gasteiger partial charge in [0.15, 0.2) is 0 Å². The molecule has 0 aliphatic heterocycles. The van der Waals surface area contributed by atoms with Crippen molar-refractivity contribution in [3.8, 4) is 0 Å². The van der Waals surface area contributed by atoms with Gasteiger partial charge in [0.25, 0.3) is 0 Å². The van der Waals surface area contributed by atoms with Crippen LogP contribution in [-0.2, 0) is 196 Å². The zero-order valence-electron chi connectivity index (χ0n) is 12.2. The van der Waals surface area contributed by atoms with E-state index in [0.717, 1.165) is 0 Å². The summed E-state index contributed by atoms with van der Waals surface area (Å²) in [5, 5.41) is 0. The zero-order valence-corrected chi connectivity index (χ0v) is 29.2. The molecule has 6 radical (unpaired) electrons. The fourth-order valence-corrected chi connectivity index (χ4v) is 1.35. The van der Waals surface area contributed by atoms with Crippen LogP contribution in [0.15, 0.2) is 18.2 Å². The minimum atomic E-state index is 0. The summed E-state index contributed by atoms with van der Waals surface area (Å²) in [6.07, 6.45) is 2.58. The Bertz CT molecular complexity index is 248. The van der Waals surface area contributed by atoms with Crippen molar-refractivity contribution in [1.29, 1.82) is 0 Å². The van der Waals surface area contributed by atoms with Crippen LogP contribution in [-0.4, -0.2) is 0 Å². The topological polar surface area (TPSA) is 0 Å². The second-order valence-corrected chi connectivity index (χ2v) is 3.79. The van der Waals surface area contributed by atoms with Gasteiger partial charge in [-0.25, -0.2) is 29.7 Å². The van der Waals surface area contributed by atoms with E-state index in [2.05, 4.69) is 38.1 Å². The number of benzene rings is 1. The van der Waals surface area contributed by atoms with E-state index >= 15 is 0 Å². The molecule has 90 valence electrons. The maximum absolute atomic E-state index is 3.34. The van der Waals surface area contributed by atoms with E-state index in [1.54, 1.807) is 5.92 Å². The Morgan fingerprint density at radius 2 is 1.42 bits per heavy atom. The molecule has 0 atom stereocenters. The van der Waals surface area contributed by atoms with E-state index in [9.17, 15) is 0 Å². The number of hydrogen-bond acceptors (Lipinski definition) is 0. The third-order valence-corrected chi connectivity index (χ3v) is 2.38. The molecular formula is C13H17Y6-3. The fourth-order valence-electron chi connectivity index (χ4n) is 1.35. The molecule has 1 aromatic carbocycles. The van der Waals surface area contributed by atoms with Crippen LogP contribution < -0.4 is 0 Å². The van der Waals surface area contributed by atoms with E-state index < -0.39 is 0 Å². The van der Waals surface area contributed by atoms with Crippen molar-refractivity contribution >= 4 is 0 Å². The molecule has 1 aliphatic rings. The minimum Gasteiger partial charge on any atom is -0.358 e. The minimum absolute atomic E-state index is 0. The van der Waals surface area contributed by atoms with Gasteiger partial charge in [0.2, 0.25) is 0 Å². The SMILES string of the molecule is CC(C)c1c[c-]c([C-]2CC2)cc1.[CH3-].[Y].[Y].[Y].[Y].[Y].[Y]. The largest absolute Gasteiger partial charge is 0.358 e. The summed E-state index contributed by atoms with van der Waals surface area (Å²) in [5.41, 5.74) is 2.72. The first-order chi connectivity index (χ1) is 5.77. The predicted octanol–water partition coefficient (Wildman–Crippen LogP) is 3.76. The van der Waals surface area contributed by atoms with Crippen LogP contribution >= 0.6 is 0 Å². The maximum Gasteiger partial charge on any atom is 0 e. The Morgan fingerprint density at radius 3 is 1.68 bits per heavy atom. The van der Waals surface area contributed by atoms with Crippen molar-refractivity contribution in [2.75, 3.05) is 0 Å². The normalized spacial score (nSPS) is 9.74. The summed E-state index contributed by atoms with van der Waals surface area (Å²) in [6.45, 7) is 4.43. The molecular weight excluding hydrogens is 690 g/mol. The summed E-state index contributed by atoms with van der Waals surface area (Å²) in [6, 6.07) is 9.90. The van der Waals surface area contributed by atoms with Gasteiger partial charge in [-0.3, -0.25) is 11.6 Å². The monoisotopic (exact) mass is 707 g/mol. The van der Waals surface area contributed by atoms with E-state index in [-0.39, 0.29) is 204 Å². The van der Waals surface area contributed by atoms with E-state index in [1.807, 2.05) is 0 Å². The van der Waals surface area contributed by atoms with Gasteiger partial charge in [-0.15, -0.1) is 12.8 Å². The molecule has 0 amide bonds. The van der Waals surface area contributed by atoms with E-state index in [1.165, 1.54) is 24.0 Å². The standard InChI is InChI=1S/C12H14.CH3.6Y/c1-9(2)10-3-5-11(6-4-10)12-7-8-12;;;;;;;/h3-5,9H,7-8H2,1-2H3;1H3;;;;;;/q-2;-1;;;;;;. The Labute approximate surface area is 270 Å². The number of hydrogen-bond donors (Lipinski definition) is 0. The summed E-state index contributed by atoms with van der Waals surface area (Å²) in [5.74, 6) is 2.20. The average Bonchev–Trinajstić information content (AvgIpc) is 2.87. The first-order valence-electron chi connectivity index (χ1n) is 4.64. The summed E-state index contributed by atoms with van der Waals surface area (Å²) in [4.78, 5) is 0. The van der Waals surface area contributed by atoms with Crippen LogP contribution in [0.1, 0.15) is 43.7 Å². The molecule has 1 fully saturated rings. The van der Waals surface area contributed by atoms with E-state index in [4.69, 9.17) is 0 Å². The molecule has 1 saturated carbocycles.